The van der Waals surface area contributed by atoms with Gasteiger partial charge in [-0.15, -0.1) is 11.3 Å². The van der Waals surface area contributed by atoms with Gasteiger partial charge in [0.25, 0.3) is 0 Å². The van der Waals surface area contributed by atoms with Crippen molar-refractivity contribution in [3.63, 3.8) is 0 Å². The first kappa shape index (κ1) is 23.4. The number of methoxy groups -OCH3 is 1. The smallest absolute Gasteiger partial charge is 0.243 e. The highest BCUT2D eigenvalue weighted by Gasteiger charge is 2.31. The Morgan fingerprint density at radius 3 is 2.58 bits per heavy atom. The van der Waals surface area contributed by atoms with E-state index in [1.54, 1.807) is 35.8 Å². The topological polar surface area (TPSA) is 83.9 Å². The fourth-order valence-corrected chi connectivity index (χ4v) is 6.47. The highest BCUT2D eigenvalue weighted by molar-refractivity contribution is 7.89. The SMILES string of the molecule is COc1ccc(/C=N/Nc2nc(-c3cccc(S(=O)(=O)N4CC(C)CC(C)C4)c3)cs2)cc1. The maximum absolute atomic E-state index is 13.3. The molecule has 7 nitrogen and oxygen atoms in total. The molecular formula is C24H28N4O3S2. The third-order valence-corrected chi connectivity index (χ3v) is 8.17. The lowest BCUT2D eigenvalue weighted by atomic mass is 9.94. The Morgan fingerprint density at radius 1 is 1.15 bits per heavy atom. The Kier molecular flexibility index (Phi) is 7.11. The van der Waals surface area contributed by atoms with Gasteiger partial charge in [-0.2, -0.15) is 9.41 Å². The fraction of sp³-hybridized carbons (Fsp3) is 0.333. The molecule has 3 aromatic rings. The third-order valence-electron chi connectivity index (χ3n) is 5.60. The van der Waals surface area contributed by atoms with E-state index in [4.69, 9.17) is 4.74 Å². The molecule has 0 amide bonds. The van der Waals surface area contributed by atoms with Crippen LogP contribution in [0.25, 0.3) is 11.3 Å². The van der Waals surface area contributed by atoms with Gasteiger partial charge in [-0.05, 0) is 60.2 Å². The van der Waals surface area contributed by atoms with Crippen molar-refractivity contribution in [2.24, 2.45) is 16.9 Å². The van der Waals surface area contributed by atoms with Crippen molar-refractivity contribution in [3.05, 3.63) is 59.5 Å². The van der Waals surface area contributed by atoms with Crippen molar-refractivity contribution in [1.82, 2.24) is 9.29 Å². The number of rotatable bonds is 7. The number of sulfonamides is 1. The predicted octanol–water partition coefficient (Wildman–Crippen LogP) is 4.93. The van der Waals surface area contributed by atoms with E-state index in [-0.39, 0.29) is 0 Å². The Labute approximate surface area is 199 Å². The number of anilines is 1. The number of aromatic nitrogens is 1. The molecule has 2 aromatic carbocycles. The molecule has 2 atom stereocenters. The van der Waals surface area contributed by atoms with Gasteiger partial charge in [0, 0.05) is 24.0 Å². The van der Waals surface area contributed by atoms with Crippen molar-refractivity contribution in [1.29, 1.82) is 0 Å². The fourth-order valence-electron chi connectivity index (χ4n) is 4.08. The summed E-state index contributed by atoms with van der Waals surface area (Å²) in [5.74, 6) is 1.51. The minimum Gasteiger partial charge on any atom is -0.497 e. The Bertz CT molecular complexity index is 1210. The van der Waals surface area contributed by atoms with Crippen LogP contribution >= 0.6 is 11.3 Å². The lowest BCUT2D eigenvalue weighted by Crippen LogP contribution is -2.42. The van der Waals surface area contributed by atoms with E-state index in [0.717, 1.165) is 23.3 Å². The van der Waals surface area contributed by atoms with Crippen LogP contribution in [0.3, 0.4) is 0 Å². The van der Waals surface area contributed by atoms with Gasteiger partial charge in [-0.25, -0.2) is 13.4 Å². The van der Waals surface area contributed by atoms with Crippen LogP contribution in [0, 0.1) is 11.8 Å². The number of piperidine rings is 1. The van der Waals surface area contributed by atoms with E-state index in [0.29, 0.717) is 40.6 Å². The van der Waals surface area contributed by atoms with Crippen LogP contribution in [-0.4, -0.2) is 44.1 Å². The molecule has 0 aliphatic carbocycles. The Morgan fingerprint density at radius 2 is 1.88 bits per heavy atom. The summed E-state index contributed by atoms with van der Waals surface area (Å²) in [7, 11) is -1.91. The number of hydrazone groups is 1. The Balaban J connectivity index is 1.47. The molecule has 33 heavy (non-hydrogen) atoms. The quantitative estimate of drug-likeness (QED) is 0.380. The van der Waals surface area contributed by atoms with Crippen molar-refractivity contribution in [2.75, 3.05) is 25.6 Å². The summed E-state index contributed by atoms with van der Waals surface area (Å²) in [6, 6.07) is 14.6. The molecule has 1 aliphatic heterocycles. The molecule has 0 spiro atoms. The standard InChI is InChI=1S/C24H28N4O3S2/c1-17-11-18(2)15-28(14-17)33(29,30)22-6-4-5-20(12-22)23-16-32-24(26-23)27-25-13-19-7-9-21(31-3)10-8-19/h4-10,12-13,16-18H,11,14-15H2,1-3H3,(H,26,27)/b25-13+. The second-order valence-electron chi connectivity index (χ2n) is 8.48. The highest BCUT2D eigenvalue weighted by Crippen LogP contribution is 2.30. The molecule has 2 unspecified atom stereocenters. The Hall–Kier alpha value is -2.75. The van der Waals surface area contributed by atoms with Gasteiger partial charge in [0.05, 0.1) is 23.9 Å². The molecule has 0 bridgehead atoms. The number of nitrogens with zero attached hydrogens (tertiary/aromatic N) is 3. The van der Waals surface area contributed by atoms with Crippen LogP contribution in [0.5, 0.6) is 5.75 Å². The van der Waals surface area contributed by atoms with E-state index < -0.39 is 10.0 Å². The molecule has 1 saturated heterocycles. The molecule has 2 heterocycles. The summed E-state index contributed by atoms with van der Waals surface area (Å²) in [4.78, 5) is 4.87. The molecule has 9 heteroatoms. The monoisotopic (exact) mass is 484 g/mol. The molecule has 0 radical (unpaired) electrons. The maximum atomic E-state index is 13.3. The number of ether oxygens (including phenoxy) is 1. The molecular weight excluding hydrogens is 456 g/mol. The molecule has 1 aliphatic rings. The van der Waals surface area contributed by atoms with E-state index >= 15 is 0 Å². The summed E-state index contributed by atoms with van der Waals surface area (Å²) in [5.41, 5.74) is 5.34. The average Bonchev–Trinajstić information content (AvgIpc) is 3.28. The van der Waals surface area contributed by atoms with Crippen LogP contribution in [0.4, 0.5) is 5.13 Å². The zero-order valence-corrected chi connectivity index (χ0v) is 20.6. The lowest BCUT2D eigenvalue weighted by molar-refractivity contribution is 0.222. The zero-order valence-electron chi connectivity index (χ0n) is 18.9. The molecule has 4 rings (SSSR count). The van der Waals surface area contributed by atoms with Crippen molar-refractivity contribution >= 4 is 32.7 Å². The van der Waals surface area contributed by atoms with Gasteiger partial charge in [0.2, 0.25) is 15.2 Å². The summed E-state index contributed by atoms with van der Waals surface area (Å²) in [6.07, 6.45) is 2.76. The maximum Gasteiger partial charge on any atom is 0.243 e. The summed E-state index contributed by atoms with van der Waals surface area (Å²) >= 11 is 1.41. The predicted molar refractivity (Wildman–Crippen MR) is 133 cm³/mol. The van der Waals surface area contributed by atoms with Crippen LogP contribution in [0.1, 0.15) is 25.8 Å². The third kappa shape index (κ3) is 5.61. The van der Waals surface area contributed by atoms with Gasteiger partial charge < -0.3 is 4.74 Å². The van der Waals surface area contributed by atoms with Crippen molar-refractivity contribution in [3.8, 4) is 17.0 Å². The number of hydrogen-bond acceptors (Lipinski definition) is 7. The van der Waals surface area contributed by atoms with Crippen molar-refractivity contribution in [2.45, 2.75) is 25.2 Å². The van der Waals surface area contributed by atoms with Crippen LogP contribution in [0.2, 0.25) is 0 Å². The first-order chi connectivity index (χ1) is 15.8. The average molecular weight is 485 g/mol. The summed E-state index contributed by atoms with van der Waals surface area (Å²) in [6.45, 7) is 5.34. The van der Waals surface area contributed by atoms with Gasteiger partial charge in [0.1, 0.15) is 5.75 Å². The van der Waals surface area contributed by atoms with Gasteiger partial charge in [-0.1, -0.05) is 26.0 Å². The zero-order chi connectivity index (χ0) is 23.4. The van der Waals surface area contributed by atoms with Crippen LogP contribution in [-0.2, 0) is 10.0 Å². The number of thiazole rings is 1. The second kappa shape index (κ2) is 10.0. The van der Waals surface area contributed by atoms with Gasteiger partial charge in [-0.3, -0.25) is 5.43 Å². The van der Waals surface area contributed by atoms with Crippen molar-refractivity contribution < 1.29 is 13.2 Å². The van der Waals surface area contributed by atoms with E-state index in [2.05, 4.69) is 29.4 Å². The minimum absolute atomic E-state index is 0.307. The van der Waals surface area contributed by atoms with E-state index in [1.807, 2.05) is 35.7 Å². The number of hydrogen-bond donors (Lipinski definition) is 1. The van der Waals surface area contributed by atoms with Gasteiger partial charge >= 0.3 is 0 Å². The van der Waals surface area contributed by atoms with E-state index in [9.17, 15) is 8.42 Å². The van der Waals surface area contributed by atoms with E-state index in [1.165, 1.54) is 11.3 Å². The van der Waals surface area contributed by atoms with Crippen LogP contribution in [0.15, 0.2) is 63.9 Å². The minimum atomic E-state index is -3.54. The summed E-state index contributed by atoms with van der Waals surface area (Å²) < 4.78 is 33.3. The van der Waals surface area contributed by atoms with Gasteiger partial charge in [0.15, 0.2) is 0 Å². The first-order valence-electron chi connectivity index (χ1n) is 10.8. The summed E-state index contributed by atoms with van der Waals surface area (Å²) in [5, 5.41) is 6.75. The number of nitrogens with one attached hydrogen (secondary N) is 1. The molecule has 1 N–H and O–H groups in total. The molecule has 1 aromatic heterocycles. The first-order valence-corrected chi connectivity index (χ1v) is 13.2. The molecule has 174 valence electrons. The lowest BCUT2D eigenvalue weighted by Gasteiger charge is -2.34. The highest BCUT2D eigenvalue weighted by atomic mass is 32.2. The van der Waals surface area contributed by atoms with Crippen LogP contribution < -0.4 is 10.2 Å². The second-order valence-corrected chi connectivity index (χ2v) is 11.3. The number of benzene rings is 2. The largest absolute Gasteiger partial charge is 0.497 e. The molecule has 0 saturated carbocycles. The normalized spacial score (nSPS) is 19.6. The molecule has 1 fully saturated rings.